The van der Waals surface area contributed by atoms with Crippen LogP contribution < -0.4 is 0 Å². The zero-order valence-corrected chi connectivity index (χ0v) is 15.7. The molecule has 0 bridgehead atoms. The average Bonchev–Trinajstić information content (AvgIpc) is 2.94. The Bertz CT molecular complexity index is 798. The third-order valence-electron chi connectivity index (χ3n) is 5.08. The van der Waals surface area contributed by atoms with Crippen molar-refractivity contribution in [2.24, 2.45) is 0 Å². The molecule has 1 saturated heterocycles. The van der Waals surface area contributed by atoms with Gasteiger partial charge in [-0.15, -0.1) is 0 Å². The van der Waals surface area contributed by atoms with E-state index in [0.717, 1.165) is 19.6 Å². The summed E-state index contributed by atoms with van der Waals surface area (Å²) in [7, 11) is 0. The molecule has 2 aliphatic rings. The highest BCUT2D eigenvalue weighted by Crippen LogP contribution is 2.38. The molecule has 1 fully saturated rings. The number of rotatable bonds is 7. The van der Waals surface area contributed by atoms with E-state index in [9.17, 15) is 24.8 Å². The van der Waals surface area contributed by atoms with E-state index in [1.807, 2.05) is 0 Å². The normalized spacial score (nSPS) is 20.7. The Kier molecular flexibility index (Phi) is 6.05. The van der Waals surface area contributed by atoms with Gasteiger partial charge in [0.05, 0.1) is 29.8 Å². The maximum atomic E-state index is 12.6. The van der Waals surface area contributed by atoms with Crippen LogP contribution in [-0.2, 0) is 14.3 Å². The summed E-state index contributed by atoms with van der Waals surface area (Å²) in [6.45, 7) is 5.48. The first kappa shape index (κ1) is 20.0. The highest BCUT2D eigenvalue weighted by molar-refractivity contribution is 6.08. The largest absolute Gasteiger partial charge is 0.503 e. The summed E-state index contributed by atoms with van der Waals surface area (Å²) in [4.78, 5) is 38.8. The van der Waals surface area contributed by atoms with E-state index >= 15 is 0 Å². The molecule has 1 aromatic rings. The number of amides is 1. The number of aliphatic hydroxyl groups is 1. The number of nitro groups is 1. The molecule has 1 atom stereocenters. The minimum atomic E-state index is -0.740. The maximum absolute atomic E-state index is 12.6. The van der Waals surface area contributed by atoms with Gasteiger partial charge >= 0.3 is 0 Å². The number of ether oxygens (including phenoxy) is 1. The van der Waals surface area contributed by atoms with E-state index in [0.29, 0.717) is 31.7 Å². The van der Waals surface area contributed by atoms with Crippen molar-refractivity contribution in [2.45, 2.75) is 19.4 Å². The van der Waals surface area contributed by atoms with Crippen LogP contribution >= 0.6 is 0 Å². The SMILES string of the molecule is CC(=O)C1=C(O)C(=O)N(CCCN2CCOCC2)[C@@H]1c1ccc([N+](=O)[O-])cc1. The lowest BCUT2D eigenvalue weighted by molar-refractivity contribution is -0.384. The first-order valence-corrected chi connectivity index (χ1v) is 9.19. The first-order chi connectivity index (χ1) is 13.4. The lowest BCUT2D eigenvalue weighted by Crippen LogP contribution is -2.39. The molecule has 9 nitrogen and oxygen atoms in total. The second-order valence-electron chi connectivity index (χ2n) is 6.88. The summed E-state index contributed by atoms with van der Waals surface area (Å²) in [5.41, 5.74) is 0.509. The fraction of sp³-hybridized carbons (Fsp3) is 0.474. The van der Waals surface area contributed by atoms with Gasteiger partial charge in [-0.3, -0.25) is 24.6 Å². The molecule has 28 heavy (non-hydrogen) atoms. The van der Waals surface area contributed by atoms with Gasteiger partial charge < -0.3 is 14.7 Å². The van der Waals surface area contributed by atoms with Crippen molar-refractivity contribution in [1.82, 2.24) is 9.80 Å². The molecule has 0 aromatic heterocycles. The van der Waals surface area contributed by atoms with Gasteiger partial charge in [0.1, 0.15) is 0 Å². The Morgan fingerprint density at radius 2 is 1.89 bits per heavy atom. The van der Waals surface area contributed by atoms with Gasteiger partial charge in [0.15, 0.2) is 11.5 Å². The smallest absolute Gasteiger partial charge is 0.290 e. The van der Waals surface area contributed by atoms with Crippen LogP contribution in [-0.4, -0.2) is 70.9 Å². The zero-order valence-electron chi connectivity index (χ0n) is 15.7. The van der Waals surface area contributed by atoms with Gasteiger partial charge in [-0.05, 0) is 31.0 Å². The predicted molar refractivity (Wildman–Crippen MR) is 99.8 cm³/mol. The Labute approximate surface area is 162 Å². The summed E-state index contributed by atoms with van der Waals surface area (Å²) in [5.74, 6) is -1.53. The molecule has 1 aromatic carbocycles. The molecular weight excluding hydrogens is 366 g/mol. The molecular formula is C19H23N3O6. The Balaban J connectivity index is 1.79. The van der Waals surface area contributed by atoms with Crippen molar-refractivity contribution >= 4 is 17.4 Å². The van der Waals surface area contributed by atoms with Crippen LogP contribution in [0.15, 0.2) is 35.6 Å². The van der Waals surface area contributed by atoms with Crippen LogP contribution in [0.4, 0.5) is 5.69 Å². The number of non-ortho nitro benzene ring substituents is 1. The topological polar surface area (TPSA) is 113 Å². The molecule has 0 spiro atoms. The summed E-state index contributed by atoms with van der Waals surface area (Å²) < 4.78 is 5.32. The summed E-state index contributed by atoms with van der Waals surface area (Å²) >= 11 is 0. The van der Waals surface area contributed by atoms with Crippen molar-refractivity contribution in [3.05, 3.63) is 51.3 Å². The van der Waals surface area contributed by atoms with Crippen LogP contribution in [0.25, 0.3) is 0 Å². The quantitative estimate of drug-likeness (QED) is 0.557. The second kappa shape index (κ2) is 8.49. The highest BCUT2D eigenvalue weighted by Gasteiger charge is 2.42. The number of hydrogen-bond acceptors (Lipinski definition) is 7. The highest BCUT2D eigenvalue weighted by atomic mass is 16.6. The van der Waals surface area contributed by atoms with E-state index in [4.69, 9.17) is 4.74 Å². The van der Waals surface area contributed by atoms with Crippen LogP contribution in [0.5, 0.6) is 0 Å². The van der Waals surface area contributed by atoms with Gasteiger partial charge in [0.2, 0.25) is 0 Å². The fourth-order valence-electron chi connectivity index (χ4n) is 3.66. The third kappa shape index (κ3) is 4.05. The molecule has 0 radical (unpaired) electrons. The van der Waals surface area contributed by atoms with E-state index < -0.39 is 28.4 Å². The number of benzene rings is 1. The third-order valence-corrected chi connectivity index (χ3v) is 5.08. The Morgan fingerprint density at radius 1 is 1.25 bits per heavy atom. The number of aliphatic hydroxyl groups excluding tert-OH is 1. The van der Waals surface area contributed by atoms with Crippen LogP contribution in [0.2, 0.25) is 0 Å². The Hall–Kier alpha value is -2.78. The fourth-order valence-corrected chi connectivity index (χ4v) is 3.66. The van der Waals surface area contributed by atoms with E-state index in [2.05, 4.69) is 4.90 Å². The molecule has 0 unspecified atom stereocenters. The number of nitrogens with zero attached hydrogens (tertiary/aromatic N) is 3. The number of morpholine rings is 1. The lowest BCUT2D eigenvalue weighted by Gasteiger charge is -2.29. The molecule has 1 N–H and O–H groups in total. The summed E-state index contributed by atoms with van der Waals surface area (Å²) in [6.07, 6.45) is 0.674. The van der Waals surface area contributed by atoms with Crippen LogP contribution in [0.1, 0.15) is 24.9 Å². The molecule has 9 heteroatoms. The van der Waals surface area contributed by atoms with E-state index in [-0.39, 0.29) is 11.3 Å². The summed E-state index contributed by atoms with van der Waals surface area (Å²) in [6, 6.07) is 4.96. The average molecular weight is 389 g/mol. The maximum Gasteiger partial charge on any atom is 0.290 e. The van der Waals surface area contributed by atoms with Gasteiger partial charge in [0, 0.05) is 38.3 Å². The Morgan fingerprint density at radius 3 is 2.46 bits per heavy atom. The van der Waals surface area contributed by atoms with E-state index in [1.165, 1.54) is 36.1 Å². The van der Waals surface area contributed by atoms with Crippen molar-refractivity contribution in [2.75, 3.05) is 39.4 Å². The van der Waals surface area contributed by atoms with Crippen molar-refractivity contribution in [3.63, 3.8) is 0 Å². The minimum absolute atomic E-state index is 0.0326. The van der Waals surface area contributed by atoms with Crippen LogP contribution in [0, 0.1) is 10.1 Å². The van der Waals surface area contributed by atoms with Gasteiger partial charge in [-0.1, -0.05) is 0 Å². The first-order valence-electron chi connectivity index (χ1n) is 9.19. The molecule has 150 valence electrons. The van der Waals surface area contributed by atoms with E-state index in [1.54, 1.807) is 0 Å². The predicted octanol–water partition coefficient (Wildman–Crippen LogP) is 1.60. The minimum Gasteiger partial charge on any atom is -0.503 e. The number of ketones is 1. The van der Waals surface area contributed by atoms with Gasteiger partial charge in [-0.25, -0.2) is 0 Å². The van der Waals surface area contributed by atoms with Crippen molar-refractivity contribution in [1.29, 1.82) is 0 Å². The number of hydrogen-bond donors (Lipinski definition) is 1. The zero-order chi connectivity index (χ0) is 20.3. The molecule has 3 rings (SSSR count). The van der Waals surface area contributed by atoms with Crippen LogP contribution in [0.3, 0.4) is 0 Å². The lowest BCUT2D eigenvalue weighted by atomic mass is 9.96. The number of nitro benzene ring substituents is 1. The number of carbonyl (C=O) groups excluding carboxylic acids is 2. The van der Waals surface area contributed by atoms with Crippen molar-refractivity contribution in [3.8, 4) is 0 Å². The number of Topliss-reactive ketones (excluding diaryl/α,β-unsaturated/α-hetero) is 1. The van der Waals surface area contributed by atoms with Gasteiger partial charge in [-0.2, -0.15) is 0 Å². The molecule has 0 aliphatic carbocycles. The number of carbonyl (C=O) groups is 2. The van der Waals surface area contributed by atoms with Gasteiger partial charge in [0.25, 0.3) is 11.6 Å². The molecule has 2 aliphatic heterocycles. The summed E-state index contributed by atoms with van der Waals surface area (Å²) in [5, 5.41) is 21.1. The molecule has 0 saturated carbocycles. The van der Waals surface area contributed by atoms with Crippen molar-refractivity contribution < 1.29 is 24.4 Å². The monoisotopic (exact) mass is 389 g/mol. The standard InChI is InChI=1S/C19H23N3O6/c1-13(23)16-17(14-3-5-15(6-4-14)22(26)27)21(19(25)18(16)24)8-2-7-20-9-11-28-12-10-20/h3-6,17,24H,2,7-12H2,1H3/t17-/m1/s1. The molecule has 1 amide bonds. The molecule has 2 heterocycles. The second-order valence-corrected chi connectivity index (χ2v) is 6.88.